The lowest BCUT2D eigenvalue weighted by Gasteiger charge is -2.06. The summed E-state index contributed by atoms with van der Waals surface area (Å²) < 4.78 is 5.57. The monoisotopic (exact) mass is 229 g/mol. The van der Waals surface area contributed by atoms with Gasteiger partial charge in [0.15, 0.2) is 0 Å². The minimum Gasteiger partial charge on any atom is -0.507 e. The van der Waals surface area contributed by atoms with Crippen molar-refractivity contribution in [2.24, 2.45) is 5.16 Å². The second-order valence-electron chi connectivity index (χ2n) is 3.38. The topological polar surface area (TPSA) is 62.1 Å². The third kappa shape index (κ3) is 2.75. The van der Waals surface area contributed by atoms with Crippen LogP contribution < -0.4 is 4.74 Å². The summed E-state index contributed by atoms with van der Waals surface area (Å²) in [5.74, 6) is 1.29. The van der Waals surface area contributed by atoms with Gasteiger partial charge in [-0.2, -0.15) is 0 Å². The smallest absolute Gasteiger partial charge is 0.128 e. The standard InChI is InChI=1S/C13H11NO3/c15-13-7-6-12(8-10(13)9-14-16)17-11-4-2-1-3-5-11/h1-9,15-16H/b14-9+. The van der Waals surface area contributed by atoms with Crippen LogP contribution in [0.2, 0.25) is 0 Å². The Kier molecular flexibility index (Phi) is 3.25. The minimum absolute atomic E-state index is 0.0308. The van der Waals surface area contributed by atoms with Gasteiger partial charge in [-0.05, 0) is 30.3 Å². The van der Waals surface area contributed by atoms with E-state index in [1.165, 1.54) is 6.07 Å². The van der Waals surface area contributed by atoms with Crippen LogP contribution in [-0.2, 0) is 0 Å². The van der Waals surface area contributed by atoms with E-state index in [0.717, 1.165) is 6.21 Å². The summed E-state index contributed by atoms with van der Waals surface area (Å²) in [5.41, 5.74) is 0.390. The van der Waals surface area contributed by atoms with Gasteiger partial charge in [0.1, 0.15) is 17.2 Å². The fourth-order valence-corrected chi connectivity index (χ4v) is 1.39. The first-order valence-corrected chi connectivity index (χ1v) is 5.03. The first-order valence-electron chi connectivity index (χ1n) is 5.03. The number of aromatic hydroxyl groups is 1. The zero-order valence-electron chi connectivity index (χ0n) is 8.95. The Morgan fingerprint density at radius 3 is 2.47 bits per heavy atom. The molecule has 86 valence electrons. The number of hydrogen-bond acceptors (Lipinski definition) is 4. The molecule has 4 heteroatoms. The highest BCUT2D eigenvalue weighted by Gasteiger charge is 2.02. The summed E-state index contributed by atoms with van der Waals surface area (Å²) in [6.07, 6.45) is 1.15. The van der Waals surface area contributed by atoms with Gasteiger partial charge in [0, 0.05) is 5.56 Å². The Balaban J connectivity index is 2.25. The van der Waals surface area contributed by atoms with Gasteiger partial charge in [-0.1, -0.05) is 23.4 Å². The van der Waals surface area contributed by atoms with Crippen molar-refractivity contribution in [1.82, 2.24) is 0 Å². The summed E-state index contributed by atoms with van der Waals surface area (Å²) >= 11 is 0. The largest absolute Gasteiger partial charge is 0.507 e. The fraction of sp³-hybridized carbons (Fsp3) is 0. The van der Waals surface area contributed by atoms with Crippen molar-refractivity contribution in [3.63, 3.8) is 0 Å². The third-order valence-electron chi connectivity index (χ3n) is 2.17. The van der Waals surface area contributed by atoms with Crippen molar-refractivity contribution in [2.75, 3.05) is 0 Å². The molecule has 0 fully saturated rings. The first kappa shape index (κ1) is 11.0. The summed E-state index contributed by atoms with van der Waals surface area (Å²) in [7, 11) is 0. The molecule has 0 unspecified atom stereocenters. The SMILES string of the molecule is O/N=C/c1cc(Oc2ccccc2)ccc1O. The van der Waals surface area contributed by atoms with Gasteiger partial charge in [-0.25, -0.2) is 0 Å². The van der Waals surface area contributed by atoms with Crippen molar-refractivity contribution < 1.29 is 15.1 Å². The molecule has 0 saturated carbocycles. The Hall–Kier alpha value is -2.49. The highest BCUT2D eigenvalue weighted by atomic mass is 16.5. The van der Waals surface area contributed by atoms with E-state index < -0.39 is 0 Å². The highest BCUT2D eigenvalue weighted by Crippen LogP contribution is 2.25. The lowest BCUT2D eigenvalue weighted by Crippen LogP contribution is -1.87. The van der Waals surface area contributed by atoms with Crippen molar-refractivity contribution in [3.05, 3.63) is 54.1 Å². The molecule has 0 aliphatic heterocycles. The number of hydrogen-bond donors (Lipinski definition) is 2. The second-order valence-corrected chi connectivity index (χ2v) is 3.38. The molecule has 2 rings (SSSR count). The van der Waals surface area contributed by atoms with Crippen LogP contribution >= 0.6 is 0 Å². The van der Waals surface area contributed by atoms with Crippen LogP contribution in [0, 0.1) is 0 Å². The predicted octanol–water partition coefficient (Wildman–Crippen LogP) is 2.99. The summed E-state index contributed by atoms with van der Waals surface area (Å²) in [6, 6.07) is 14.0. The number of nitrogens with zero attached hydrogens (tertiary/aromatic N) is 1. The molecule has 0 aliphatic carbocycles. The van der Waals surface area contributed by atoms with Crippen molar-refractivity contribution in [2.45, 2.75) is 0 Å². The maximum absolute atomic E-state index is 9.47. The second kappa shape index (κ2) is 5.03. The van der Waals surface area contributed by atoms with Crippen LogP contribution in [0.3, 0.4) is 0 Å². The van der Waals surface area contributed by atoms with E-state index in [0.29, 0.717) is 17.1 Å². The molecule has 0 bridgehead atoms. The summed E-state index contributed by atoms with van der Waals surface area (Å²) in [4.78, 5) is 0. The normalized spacial score (nSPS) is 10.6. The molecule has 2 N–H and O–H groups in total. The molecule has 0 heterocycles. The molecule has 0 aromatic heterocycles. The van der Waals surface area contributed by atoms with E-state index >= 15 is 0 Å². The summed E-state index contributed by atoms with van der Waals surface area (Å²) in [6.45, 7) is 0. The molecule has 0 atom stereocenters. The number of ether oxygens (including phenoxy) is 1. The van der Waals surface area contributed by atoms with E-state index in [9.17, 15) is 5.11 Å². The van der Waals surface area contributed by atoms with Crippen LogP contribution in [0.15, 0.2) is 53.7 Å². The Labute approximate surface area is 98.4 Å². The summed E-state index contributed by atoms with van der Waals surface area (Å²) in [5, 5.41) is 20.8. The molecule has 0 spiro atoms. The Bertz CT molecular complexity index is 523. The van der Waals surface area contributed by atoms with Crippen molar-refractivity contribution in [1.29, 1.82) is 0 Å². The van der Waals surface area contributed by atoms with Crippen molar-refractivity contribution >= 4 is 6.21 Å². The number of phenolic OH excluding ortho intramolecular Hbond substituents is 1. The molecule has 0 aliphatic rings. The molecule has 4 nitrogen and oxygen atoms in total. The lowest BCUT2D eigenvalue weighted by molar-refractivity contribution is 0.321. The molecule has 2 aromatic rings. The maximum atomic E-state index is 9.47. The Morgan fingerprint density at radius 1 is 1.00 bits per heavy atom. The zero-order chi connectivity index (χ0) is 12.1. The maximum Gasteiger partial charge on any atom is 0.128 e. The first-order chi connectivity index (χ1) is 8.29. The minimum atomic E-state index is 0.0308. The van der Waals surface area contributed by atoms with Gasteiger partial charge in [0.2, 0.25) is 0 Å². The van der Waals surface area contributed by atoms with Crippen LogP contribution in [0.5, 0.6) is 17.2 Å². The molecular formula is C13H11NO3. The van der Waals surface area contributed by atoms with Crippen LogP contribution in [0.4, 0.5) is 0 Å². The van der Waals surface area contributed by atoms with E-state index in [1.54, 1.807) is 12.1 Å². The van der Waals surface area contributed by atoms with Crippen LogP contribution in [-0.4, -0.2) is 16.5 Å². The Morgan fingerprint density at radius 2 is 1.76 bits per heavy atom. The molecular weight excluding hydrogens is 218 g/mol. The van der Waals surface area contributed by atoms with E-state index in [1.807, 2.05) is 30.3 Å². The molecule has 17 heavy (non-hydrogen) atoms. The van der Waals surface area contributed by atoms with Gasteiger partial charge in [-0.15, -0.1) is 0 Å². The molecule has 0 radical (unpaired) electrons. The quantitative estimate of drug-likeness (QED) is 0.483. The lowest BCUT2D eigenvalue weighted by atomic mass is 10.2. The van der Waals surface area contributed by atoms with Gasteiger partial charge in [-0.3, -0.25) is 0 Å². The average molecular weight is 229 g/mol. The molecule has 0 saturated heterocycles. The molecule has 2 aromatic carbocycles. The molecule has 0 amide bonds. The number of para-hydroxylation sites is 1. The average Bonchev–Trinajstić information content (AvgIpc) is 2.35. The van der Waals surface area contributed by atoms with E-state index in [4.69, 9.17) is 9.94 Å². The van der Waals surface area contributed by atoms with Crippen LogP contribution in [0.1, 0.15) is 5.56 Å². The van der Waals surface area contributed by atoms with Gasteiger partial charge >= 0.3 is 0 Å². The number of phenols is 1. The number of rotatable bonds is 3. The van der Waals surface area contributed by atoms with Gasteiger partial charge in [0.25, 0.3) is 0 Å². The fourth-order valence-electron chi connectivity index (χ4n) is 1.39. The van der Waals surface area contributed by atoms with Crippen molar-refractivity contribution in [3.8, 4) is 17.2 Å². The predicted molar refractivity (Wildman–Crippen MR) is 64.0 cm³/mol. The van der Waals surface area contributed by atoms with E-state index in [2.05, 4.69) is 5.16 Å². The van der Waals surface area contributed by atoms with E-state index in [-0.39, 0.29) is 5.75 Å². The highest BCUT2D eigenvalue weighted by molar-refractivity contribution is 5.83. The zero-order valence-corrected chi connectivity index (χ0v) is 8.95. The third-order valence-corrected chi connectivity index (χ3v) is 2.17. The van der Waals surface area contributed by atoms with Crippen LogP contribution in [0.25, 0.3) is 0 Å². The number of benzene rings is 2. The van der Waals surface area contributed by atoms with Gasteiger partial charge < -0.3 is 15.1 Å². The van der Waals surface area contributed by atoms with Gasteiger partial charge in [0.05, 0.1) is 6.21 Å². The number of oxime groups is 1.